The number of furan rings is 1. The lowest BCUT2D eigenvalue weighted by atomic mass is 10.0. The van der Waals surface area contributed by atoms with Crippen molar-refractivity contribution in [1.29, 1.82) is 0 Å². The molecule has 1 saturated carbocycles. The molecule has 1 unspecified atom stereocenters. The zero-order valence-corrected chi connectivity index (χ0v) is 13.0. The number of rotatable bonds is 7. The molecule has 1 aromatic rings. The first-order valence-corrected chi connectivity index (χ1v) is 8.83. The average molecular weight is 300 g/mol. The van der Waals surface area contributed by atoms with Gasteiger partial charge in [0.05, 0.1) is 6.54 Å². The summed E-state index contributed by atoms with van der Waals surface area (Å²) in [5.74, 6) is 1.08. The molecule has 1 fully saturated rings. The van der Waals surface area contributed by atoms with Crippen LogP contribution in [0.5, 0.6) is 0 Å². The van der Waals surface area contributed by atoms with Crippen molar-refractivity contribution in [1.82, 2.24) is 10.0 Å². The van der Waals surface area contributed by atoms with Crippen molar-refractivity contribution >= 4 is 10.0 Å². The molecule has 2 rings (SSSR count). The third kappa shape index (κ3) is 3.84. The molecule has 0 radical (unpaired) electrons. The highest BCUT2D eigenvalue weighted by Crippen LogP contribution is 2.28. The molecule has 1 atom stereocenters. The van der Waals surface area contributed by atoms with Crippen LogP contribution in [0.25, 0.3) is 0 Å². The molecule has 114 valence electrons. The van der Waals surface area contributed by atoms with E-state index in [0.717, 1.165) is 19.4 Å². The van der Waals surface area contributed by atoms with Gasteiger partial charge in [-0.1, -0.05) is 19.8 Å². The van der Waals surface area contributed by atoms with Gasteiger partial charge in [-0.2, -0.15) is 0 Å². The zero-order valence-electron chi connectivity index (χ0n) is 12.2. The molecule has 0 spiro atoms. The van der Waals surface area contributed by atoms with E-state index in [2.05, 4.69) is 10.0 Å². The van der Waals surface area contributed by atoms with E-state index in [1.165, 1.54) is 18.9 Å². The molecule has 0 aromatic carbocycles. The van der Waals surface area contributed by atoms with Crippen molar-refractivity contribution in [2.75, 3.05) is 6.54 Å². The fraction of sp³-hybridized carbons (Fsp3) is 0.714. The fourth-order valence-electron chi connectivity index (χ4n) is 2.70. The Morgan fingerprint density at radius 1 is 1.35 bits per heavy atom. The maximum absolute atomic E-state index is 12.3. The first-order chi connectivity index (χ1) is 9.53. The second-order valence-electron chi connectivity index (χ2n) is 5.46. The Labute approximate surface area is 121 Å². The van der Waals surface area contributed by atoms with Crippen LogP contribution in [0.15, 0.2) is 21.6 Å². The van der Waals surface area contributed by atoms with Crippen LogP contribution in [0.1, 0.15) is 45.3 Å². The maximum Gasteiger partial charge on any atom is 0.274 e. The van der Waals surface area contributed by atoms with Crippen molar-refractivity contribution in [3.05, 3.63) is 17.9 Å². The molecule has 6 heteroatoms. The van der Waals surface area contributed by atoms with Gasteiger partial charge < -0.3 is 9.73 Å². The van der Waals surface area contributed by atoms with E-state index in [1.807, 2.05) is 13.8 Å². The predicted octanol–water partition coefficient (Wildman–Crippen LogP) is 2.25. The molecular formula is C14H24N2O3S. The van der Waals surface area contributed by atoms with Crippen molar-refractivity contribution in [2.24, 2.45) is 5.92 Å². The standard InChI is InChI=1S/C14H24N2O3S/c1-3-15-10-13-8-9-14(19-13)20(17,18)16-11(2)12-6-4-5-7-12/h8-9,11-12,15-16H,3-7,10H2,1-2H3. The molecular weight excluding hydrogens is 276 g/mol. The van der Waals surface area contributed by atoms with Gasteiger partial charge in [-0.3, -0.25) is 0 Å². The van der Waals surface area contributed by atoms with E-state index in [4.69, 9.17) is 4.42 Å². The minimum Gasteiger partial charge on any atom is -0.447 e. The second kappa shape index (κ2) is 6.74. The van der Waals surface area contributed by atoms with Crippen LogP contribution < -0.4 is 10.0 Å². The second-order valence-corrected chi connectivity index (χ2v) is 7.10. The summed E-state index contributed by atoms with van der Waals surface area (Å²) in [7, 11) is -3.55. The van der Waals surface area contributed by atoms with Crippen molar-refractivity contribution in [3.63, 3.8) is 0 Å². The Morgan fingerprint density at radius 3 is 2.70 bits per heavy atom. The van der Waals surface area contributed by atoms with Gasteiger partial charge in [0.1, 0.15) is 5.76 Å². The first-order valence-electron chi connectivity index (χ1n) is 7.34. The van der Waals surface area contributed by atoms with Gasteiger partial charge in [-0.05, 0) is 44.4 Å². The lowest BCUT2D eigenvalue weighted by Crippen LogP contribution is -2.37. The smallest absolute Gasteiger partial charge is 0.274 e. The third-order valence-electron chi connectivity index (χ3n) is 3.90. The average Bonchev–Trinajstić information content (AvgIpc) is 3.07. The Kier molecular flexibility index (Phi) is 5.23. The van der Waals surface area contributed by atoms with Crippen LogP contribution >= 0.6 is 0 Å². The highest BCUT2D eigenvalue weighted by molar-refractivity contribution is 7.89. The summed E-state index contributed by atoms with van der Waals surface area (Å²) in [5, 5.41) is 3.12. The molecule has 5 nitrogen and oxygen atoms in total. The van der Waals surface area contributed by atoms with Gasteiger partial charge in [0.15, 0.2) is 0 Å². The molecule has 0 saturated heterocycles. The van der Waals surface area contributed by atoms with E-state index in [9.17, 15) is 8.42 Å². The lowest BCUT2D eigenvalue weighted by molar-refractivity contribution is 0.387. The molecule has 20 heavy (non-hydrogen) atoms. The molecule has 1 heterocycles. The number of nitrogens with one attached hydrogen (secondary N) is 2. The van der Waals surface area contributed by atoms with Crippen molar-refractivity contribution in [2.45, 2.75) is 57.2 Å². The highest BCUT2D eigenvalue weighted by Gasteiger charge is 2.27. The maximum atomic E-state index is 12.3. The predicted molar refractivity (Wildman–Crippen MR) is 77.8 cm³/mol. The van der Waals surface area contributed by atoms with Gasteiger partial charge >= 0.3 is 0 Å². The summed E-state index contributed by atoms with van der Waals surface area (Å²) >= 11 is 0. The zero-order chi connectivity index (χ0) is 14.6. The molecule has 0 bridgehead atoms. The quantitative estimate of drug-likeness (QED) is 0.810. The monoisotopic (exact) mass is 300 g/mol. The van der Waals surface area contributed by atoms with Crippen LogP contribution in [0.3, 0.4) is 0 Å². The largest absolute Gasteiger partial charge is 0.447 e. The lowest BCUT2D eigenvalue weighted by Gasteiger charge is -2.19. The van der Waals surface area contributed by atoms with Crippen LogP contribution in [0.4, 0.5) is 0 Å². The van der Waals surface area contributed by atoms with Crippen LogP contribution in [-0.4, -0.2) is 21.0 Å². The third-order valence-corrected chi connectivity index (χ3v) is 5.33. The summed E-state index contributed by atoms with van der Waals surface area (Å²) in [6.45, 7) is 5.30. The summed E-state index contributed by atoms with van der Waals surface area (Å²) in [6, 6.07) is 3.19. The molecule has 2 N–H and O–H groups in total. The van der Waals surface area contributed by atoms with E-state index in [1.54, 1.807) is 6.07 Å². The van der Waals surface area contributed by atoms with Gasteiger partial charge in [0, 0.05) is 6.04 Å². The molecule has 1 aliphatic carbocycles. The Hall–Kier alpha value is -0.850. The molecule has 0 amide bonds. The highest BCUT2D eigenvalue weighted by atomic mass is 32.2. The Morgan fingerprint density at radius 2 is 2.05 bits per heavy atom. The first kappa shape index (κ1) is 15.5. The van der Waals surface area contributed by atoms with Crippen molar-refractivity contribution in [3.8, 4) is 0 Å². The van der Waals surface area contributed by atoms with Crippen LogP contribution in [-0.2, 0) is 16.6 Å². The van der Waals surface area contributed by atoms with Gasteiger partial charge in [0.2, 0.25) is 5.09 Å². The molecule has 1 aromatic heterocycles. The Bertz CT molecular complexity index is 518. The van der Waals surface area contributed by atoms with E-state index < -0.39 is 10.0 Å². The van der Waals surface area contributed by atoms with Crippen LogP contribution in [0, 0.1) is 5.92 Å². The summed E-state index contributed by atoms with van der Waals surface area (Å²) < 4.78 is 32.7. The summed E-state index contributed by atoms with van der Waals surface area (Å²) in [5.41, 5.74) is 0. The van der Waals surface area contributed by atoms with Gasteiger partial charge in [0.25, 0.3) is 10.0 Å². The number of hydrogen-bond acceptors (Lipinski definition) is 4. The fourth-order valence-corrected chi connectivity index (χ4v) is 3.96. The minimum absolute atomic E-state index is 0.00949. The molecule has 1 aliphatic rings. The van der Waals surface area contributed by atoms with E-state index in [-0.39, 0.29) is 11.1 Å². The normalized spacial score (nSPS) is 18.5. The van der Waals surface area contributed by atoms with Gasteiger partial charge in [-0.25, -0.2) is 13.1 Å². The minimum atomic E-state index is -3.55. The number of sulfonamides is 1. The number of hydrogen-bond donors (Lipinski definition) is 2. The topological polar surface area (TPSA) is 71.3 Å². The summed E-state index contributed by atoms with van der Waals surface area (Å²) in [4.78, 5) is 0. The van der Waals surface area contributed by atoms with Gasteiger partial charge in [-0.15, -0.1) is 0 Å². The SMILES string of the molecule is CCNCc1ccc(S(=O)(=O)NC(C)C2CCCC2)o1. The summed E-state index contributed by atoms with van der Waals surface area (Å²) in [6.07, 6.45) is 4.61. The van der Waals surface area contributed by atoms with E-state index >= 15 is 0 Å². The Balaban J connectivity index is 2.00. The van der Waals surface area contributed by atoms with E-state index in [0.29, 0.717) is 18.2 Å². The van der Waals surface area contributed by atoms with Crippen molar-refractivity contribution < 1.29 is 12.8 Å². The molecule has 0 aliphatic heterocycles. The van der Waals surface area contributed by atoms with Crippen LogP contribution in [0.2, 0.25) is 0 Å².